The SMILES string of the molecule is COc1ccc(CNC(=O)NC(c2ccccc2)C(C)C)cn1. The van der Waals surface area contributed by atoms with Crippen LogP contribution in [0, 0.1) is 5.92 Å². The molecular formula is C18H23N3O2. The molecule has 0 bridgehead atoms. The molecule has 23 heavy (non-hydrogen) atoms. The number of amides is 2. The van der Waals surface area contributed by atoms with Gasteiger partial charge >= 0.3 is 6.03 Å². The molecule has 0 aliphatic heterocycles. The molecular weight excluding hydrogens is 290 g/mol. The van der Waals surface area contributed by atoms with Crippen molar-refractivity contribution >= 4 is 6.03 Å². The Balaban J connectivity index is 1.91. The van der Waals surface area contributed by atoms with Crippen LogP contribution in [-0.4, -0.2) is 18.1 Å². The van der Waals surface area contributed by atoms with E-state index in [9.17, 15) is 4.79 Å². The molecule has 1 atom stereocenters. The van der Waals surface area contributed by atoms with Crippen LogP contribution in [0.4, 0.5) is 4.79 Å². The predicted molar refractivity (Wildman–Crippen MR) is 90.2 cm³/mol. The Morgan fingerprint density at radius 2 is 1.91 bits per heavy atom. The van der Waals surface area contributed by atoms with Gasteiger partial charge in [0.25, 0.3) is 0 Å². The van der Waals surface area contributed by atoms with Gasteiger partial charge < -0.3 is 15.4 Å². The minimum absolute atomic E-state index is 0.0230. The molecule has 0 spiro atoms. The number of urea groups is 1. The van der Waals surface area contributed by atoms with Crippen LogP contribution in [0.3, 0.4) is 0 Å². The standard InChI is InChI=1S/C18H23N3O2/c1-13(2)17(15-7-5-4-6-8-15)21-18(22)20-12-14-9-10-16(23-3)19-11-14/h4-11,13,17H,12H2,1-3H3,(H2,20,21,22). The fourth-order valence-electron chi connectivity index (χ4n) is 2.31. The molecule has 122 valence electrons. The topological polar surface area (TPSA) is 63.2 Å². The smallest absolute Gasteiger partial charge is 0.315 e. The van der Waals surface area contributed by atoms with Gasteiger partial charge in [-0.2, -0.15) is 0 Å². The van der Waals surface area contributed by atoms with Crippen LogP contribution in [0.15, 0.2) is 48.7 Å². The average molecular weight is 313 g/mol. The summed E-state index contributed by atoms with van der Waals surface area (Å²) in [5, 5.41) is 5.89. The Kier molecular flexibility index (Phi) is 5.97. The lowest BCUT2D eigenvalue weighted by Gasteiger charge is -2.23. The van der Waals surface area contributed by atoms with Crippen LogP contribution < -0.4 is 15.4 Å². The Morgan fingerprint density at radius 3 is 2.48 bits per heavy atom. The Bertz CT molecular complexity index is 612. The molecule has 1 unspecified atom stereocenters. The molecule has 2 rings (SSSR count). The van der Waals surface area contributed by atoms with E-state index in [1.165, 1.54) is 0 Å². The molecule has 0 radical (unpaired) electrons. The molecule has 0 saturated carbocycles. The number of pyridine rings is 1. The monoisotopic (exact) mass is 313 g/mol. The van der Waals surface area contributed by atoms with Crippen molar-refractivity contribution in [3.63, 3.8) is 0 Å². The molecule has 1 heterocycles. The van der Waals surface area contributed by atoms with E-state index < -0.39 is 0 Å². The second kappa shape index (κ2) is 8.17. The van der Waals surface area contributed by atoms with Gasteiger partial charge in [-0.05, 0) is 17.0 Å². The third-order valence-electron chi connectivity index (χ3n) is 3.57. The van der Waals surface area contributed by atoms with E-state index in [4.69, 9.17) is 4.74 Å². The second-order valence-electron chi connectivity index (χ2n) is 5.67. The van der Waals surface area contributed by atoms with Gasteiger partial charge in [-0.3, -0.25) is 0 Å². The maximum Gasteiger partial charge on any atom is 0.315 e. The highest BCUT2D eigenvalue weighted by Crippen LogP contribution is 2.21. The largest absolute Gasteiger partial charge is 0.481 e. The lowest BCUT2D eigenvalue weighted by Crippen LogP contribution is -2.39. The number of hydrogen-bond acceptors (Lipinski definition) is 3. The van der Waals surface area contributed by atoms with Gasteiger partial charge in [0.15, 0.2) is 0 Å². The summed E-state index contributed by atoms with van der Waals surface area (Å²) in [6, 6.07) is 13.4. The van der Waals surface area contributed by atoms with Crippen LogP contribution >= 0.6 is 0 Å². The number of aromatic nitrogens is 1. The maximum absolute atomic E-state index is 12.2. The number of hydrogen-bond donors (Lipinski definition) is 2. The normalized spacial score (nSPS) is 11.8. The summed E-state index contributed by atoms with van der Waals surface area (Å²) < 4.78 is 5.01. The highest BCUT2D eigenvalue weighted by atomic mass is 16.5. The van der Waals surface area contributed by atoms with E-state index in [2.05, 4.69) is 29.5 Å². The molecule has 2 N–H and O–H groups in total. The number of nitrogens with one attached hydrogen (secondary N) is 2. The van der Waals surface area contributed by atoms with Crippen LogP contribution in [-0.2, 0) is 6.54 Å². The first-order chi connectivity index (χ1) is 11.1. The Hall–Kier alpha value is -2.56. The number of benzene rings is 1. The fraction of sp³-hybridized carbons (Fsp3) is 0.333. The molecule has 5 nitrogen and oxygen atoms in total. The van der Waals surface area contributed by atoms with Crippen molar-refractivity contribution in [3.05, 3.63) is 59.8 Å². The Labute approximate surface area is 137 Å². The molecule has 0 aliphatic rings. The summed E-state index contributed by atoms with van der Waals surface area (Å²) in [5.74, 6) is 0.855. The fourth-order valence-corrected chi connectivity index (χ4v) is 2.31. The highest BCUT2D eigenvalue weighted by molar-refractivity contribution is 5.74. The van der Waals surface area contributed by atoms with Crippen molar-refractivity contribution in [2.24, 2.45) is 5.92 Å². The number of rotatable bonds is 6. The third-order valence-corrected chi connectivity index (χ3v) is 3.57. The number of nitrogens with zero attached hydrogens (tertiary/aromatic N) is 1. The van der Waals surface area contributed by atoms with Gasteiger partial charge in [0, 0.05) is 18.8 Å². The summed E-state index contributed by atoms with van der Waals surface area (Å²) in [7, 11) is 1.57. The van der Waals surface area contributed by atoms with Gasteiger partial charge in [-0.1, -0.05) is 50.2 Å². The van der Waals surface area contributed by atoms with Crippen molar-refractivity contribution in [3.8, 4) is 5.88 Å². The predicted octanol–water partition coefficient (Wildman–Crippen LogP) is 3.29. The van der Waals surface area contributed by atoms with E-state index >= 15 is 0 Å². The summed E-state index contributed by atoms with van der Waals surface area (Å²) in [6.45, 7) is 4.60. The molecule has 0 fully saturated rings. The van der Waals surface area contributed by atoms with Gasteiger partial charge in [0.05, 0.1) is 13.2 Å². The van der Waals surface area contributed by atoms with Gasteiger partial charge in [-0.15, -0.1) is 0 Å². The minimum atomic E-state index is -0.191. The van der Waals surface area contributed by atoms with Gasteiger partial charge in [-0.25, -0.2) is 9.78 Å². The van der Waals surface area contributed by atoms with Crippen molar-refractivity contribution < 1.29 is 9.53 Å². The number of methoxy groups -OCH3 is 1. The van der Waals surface area contributed by atoms with Crippen LogP contribution in [0.2, 0.25) is 0 Å². The zero-order valence-corrected chi connectivity index (χ0v) is 13.7. The molecule has 2 aromatic rings. The van der Waals surface area contributed by atoms with E-state index in [0.29, 0.717) is 18.3 Å². The van der Waals surface area contributed by atoms with E-state index in [0.717, 1.165) is 11.1 Å². The summed E-state index contributed by atoms with van der Waals surface area (Å²) in [5.41, 5.74) is 2.02. The molecule has 2 amide bonds. The number of carbonyl (C=O) groups is 1. The number of carbonyl (C=O) groups excluding carboxylic acids is 1. The minimum Gasteiger partial charge on any atom is -0.481 e. The summed E-state index contributed by atoms with van der Waals surface area (Å²) in [4.78, 5) is 16.3. The third kappa shape index (κ3) is 4.98. The lowest BCUT2D eigenvalue weighted by molar-refractivity contribution is 0.232. The highest BCUT2D eigenvalue weighted by Gasteiger charge is 2.17. The Morgan fingerprint density at radius 1 is 1.17 bits per heavy atom. The first-order valence-corrected chi connectivity index (χ1v) is 7.68. The molecule has 1 aromatic heterocycles. The quantitative estimate of drug-likeness (QED) is 0.860. The van der Waals surface area contributed by atoms with E-state index in [-0.39, 0.29) is 12.1 Å². The first-order valence-electron chi connectivity index (χ1n) is 7.68. The van der Waals surface area contributed by atoms with Crippen molar-refractivity contribution in [1.29, 1.82) is 0 Å². The van der Waals surface area contributed by atoms with E-state index in [1.807, 2.05) is 36.4 Å². The van der Waals surface area contributed by atoms with Gasteiger partial charge in [0.1, 0.15) is 0 Å². The maximum atomic E-state index is 12.2. The van der Waals surface area contributed by atoms with Gasteiger partial charge in [0.2, 0.25) is 5.88 Å². The summed E-state index contributed by atoms with van der Waals surface area (Å²) in [6.07, 6.45) is 1.69. The summed E-state index contributed by atoms with van der Waals surface area (Å²) >= 11 is 0. The second-order valence-corrected chi connectivity index (χ2v) is 5.67. The molecule has 0 aliphatic carbocycles. The van der Waals surface area contributed by atoms with Crippen LogP contribution in [0.25, 0.3) is 0 Å². The number of ether oxygens (including phenoxy) is 1. The first kappa shape index (κ1) is 16.8. The zero-order valence-electron chi connectivity index (χ0n) is 13.7. The zero-order chi connectivity index (χ0) is 16.7. The molecule has 1 aromatic carbocycles. The average Bonchev–Trinajstić information content (AvgIpc) is 2.58. The van der Waals surface area contributed by atoms with Crippen molar-refractivity contribution in [2.45, 2.75) is 26.4 Å². The van der Waals surface area contributed by atoms with Crippen LogP contribution in [0.5, 0.6) is 5.88 Å². The van der Waals surface area contributed by atoms with Crippen molar-refractivity contribution in [1.82, 2.24) is 15.6 Å². The lowest BCUT2D eigenvalue weighted by atomic mass is 9.96. The molecule has 0 saturated heterocycles. The van der Waals surface area contributed by atoms with Crippen LogP contribution in [0.1, 0.15) is 31.0 Å². The molecule has 5 heteroatoms. The van der Waals surface area contributed by atoms with E-state index in [1.54, 1.807) is 19.4 Å². The van der Waals surface area contributed by atoms with Crippen molar-refractivity contribution in [2.75, 3.05) is 7.11 Å².